The van der Waals surface area contributed by atoms with Gasteiger partial charge in [0.25, 0.3) is 11.1 Å². The molecular weight excluding hydrogens is 665 g/mol. The molecule has 0 spiro atoms. The van der Waals surface area contributed by atoms with Crippen LogP contribution in [0.2, 0.25) is 0 Å². The summed E-state index contributed by atoms with van der Waals surface area (Å²) in [6.07, 6.45) is 5.55. The first kappa shape index (κ1) is 33.7. The molecule has 0 aliphatic rings. The van der Waals surface area contributed by atoms with E-state index < -0.39 is 22.4 Å². The monoisotopic (exact) mass is 692 g/mol. The van der Waals surface area contributed by atoms with Gasteiger partial charge in [-0.1, -0.05) is 38.0 Å². The number of aromatic nitrogens is 6. The van der Waals surface area contributed by atoms with Crippen LogP contribution < -0.4 is 32.0 Å². The van der Waals surface area contributed by atoms with Gasteiger partial charge >= 0.3 is 23.3 Å². The molecule has 0 aliphatic carbocycles. The Morgan fingerprint density at radius 3 is 1.46 bits per heavy atom. The number of rotatable bonds is 10. The highest BCUT2D eigenvalue weighted by Crippen LogP contribution is 2.16. The van der Waals surface area contributed by atoms with Crippen LogP contribution in [0.3, 0.4) is 0 Å². The Morgan fingerprint density at radius 2 is 1.12 bits per heavy atom. The SMILES string of the molecule is CC/C(=N/Oc1nc2oc(=O)cc(CC)c2c(=O)[nH]1)c1nccs1.CC/C(=N\Oc1nc2oc(=O)cc(CC)c2c(=O)[nH]1)c1nccs1. The number of thiazole rings is 2. The zero-order valence-electron chi connectivity index (χ0n) is 26.1. The Bertz CT molecular complexity index is 2170. The van der Waals surface area contributed by atoms with Crippen molar-refractivity contribution >= 4 is 56.3 Å². The number of aryl methyl sites for hydroxylation is 2. The Kier molecular flexibility index (Phi) is 10.8. The minimum absolute atomic E-state index is 0.0689. The minimum atomic E-state index is -0.566. The van der Waals surface area contributed by atoms with Crippen LogP contribution in [-0.2, 0) is 12.8 Å². The molecule has 0 unspecified atom stereocenters. The normalized spacial score (nSPS) is 11.8. The third kappa shape index (κ3) is 7.67. The van der Waals surface area contributed by atoms with Crippen molar-refractivity contribution in [3.8, 4) is 12.0 Å². The number of nitrogens with zero attached hydrogens (tertiary/aromatic N) is 6. The molecule has 0 fully saturated rings. The number of aromatic amines is 2. The van der Waals surface area contributed by atoms with E-state index in [1.54, 1.807) is 12.4 Å². The molecule has 6 aromatic rings. The van der Waals surface area contributed by atoms with E-state index >= 15 is 0 Å². The third-order valence-electron chi connectivity index (χ3n) is 6.62. The van der Waals surface area contributed by atoms with Crippen molar-refractivity contribution < 1.29 is 18.5 Å². The molecule has 0 amide bonds. The lowest BCUT2D eigenvalue weighted by Gasteiger charge is -2.03. The molecule has 0 radical (unpaired) electrons. The molecule has 6 heterocycles. The highest BCUT2D eigenvalue weighted by molar-refractivity contribution is 7.12. The van der Waals surface area contributed by atoms with E-state index in [1.807, 2.05) is 38.5 Å². The highest BCUT2D eigenvalue weighted by Gasteiger charge is 2.15. The standard InChI is InChI=1S/2C15H14N4O4S/c2*1-3-8-7-10(20)22-13-11(8)12(21)17-15(18-13)23-19-9(4-2)14-16-5-6-24-14/h2*5-7H,3-4H2,1-2H3,(H,17,18,21)/b19-9+;19-9-. The van der Waals surface area contributed by atoms with Gasteiger partial charge in [-0.25, -0.2) is 19.6 Å². The molecule has 0 saturated carbocycles. The maximum Gasteiger partial charge on any atom is 0.337 e. The smallest absolute Gasteiger partial charge is 0.337 e. The molecule has 248 valence electrons. The van der Waals surface area contributed by atoms with Crippen LogP contribution in [0.15, 0.2) is 73.6 Å². The third-order valence-corrected chi connectivity index (χ3v) is 8.27. The Morgan fingerprint density at radius 1 is 0.708 bits per heavy atom. The fourth-order valence-corrected chi connectivity index (χ4v) is 5.72. The number of nitrogens with one attached hydrogen (secondary N) is 2. The lowest BCUT2D eigenvalue weighted by molar-refractivity contribution is 0.310. The Balaban J connectivity index is 0.000000188. The van der Waals surface area contributed by atoms with E-state index in [0.717, 1.165) is 10.0 Å². The fourth-order valence-electron chi connectivity index (χ4n) is 4.34. The molecular formula is C30H28N8O8S2. The van der Waals surface area contributed by atoms with Crippen LogP contribution in [0.1, 0.15) is 61.7 Å². The van der Waals surface area contributed by atoms with Gasteiger partial charge in [0.2, 0.25) is 11.4 Å². The van der Waals surface area contributed by atoms with E-state index in [1.165, 1.54) is 34.8 Å². The molecule has 16 nitrogen and oxygen atoms in total. The quantitative estimate of drug-likeness (QED) is 0.153. The van der Waals surface area contributed by atoms with Gasteiger partial charge in [-0.05, 0) is 36.8 Å². The number of oxime groups is 2. The van der Waals surface area contributed by atoms with Crippen molar-refractivity contribution in [3.63, 3.8) is 0 Å². The number of H-pyrrole nitrogens is 2. The second-order valence-corrected chi connectivity index (χ2v) is 11.4. The summed E-state index contributed by atoms with van der Waals surface area (Å²) >= 11 is 2.86. The van der Waals surface area contributed by atoms with E-state index in [-0.39, 0.29) is 34.2 Å². The zero-order chi connectivity index (χ0) is 34.2. The first-order valence-electron chi connectivity index (χ1n) is 14.7. The summed E-state index contributed by atoms with van der Waals surface area (Å²) in [6.45, 7) is 7.49. The van der Waals surface area contributed by atoms with Crippen molar-refractivity contribution in [2.24, 2.45) is 10.3 Å². The number of hydrogen-bond acceptors (Lipinski definition) is 16. The van der Waals surface area contributed by atoms with E-state index in [0.29, 0.717) is 48.2 Å². The van der Waals surface area contributed by atoms with Gasteiger partial charge in [-0.2, -0.15) is 9.97 Å². The summed E-state index contributed by atoms with van der Waals surface area (Å²) in [5.41, 5.74) is 0.224. The zero-order valence-corrected chi connectivity index (χ0v) is 27.7. The fraction of sp³-hybridized carbons (Fsp3) is 0.267. The average Bonchev–Trinajstić information content (AvgIpc) is 3.80. The van der Waals surface area contributed by atoms with Gasteiger partial charge in [0.1, 0.15) is 32.2 Å². The molecule has 0 saturated heterocycles. The lowest BCUT2D eigenvalue weighted by atomic mass is 10.1. The first-order valence-corrected chi connectivity index (χ1v) is 16.4. The number of hydrogen-bond donors (Lipinski definition) is 2. The summed E-state index contributed by atoms with van der Waals surface area (Å²) in [5.74, 6) is 0. The molecule has 0 aliphatic heterocycles. The Hall–Kier alpha value is -5.62. The largest absolute Gasteiger partial charge is 0.403 e. The van der Waals surface area contributed by atoms with Crippen LogP contribution in [0.4, 0.5) is 0 Å². The van der Waals surface area contributed by atoms with Crippen LogP contribution >= 0.6 is 22.7 Å². The van der Waals surface area contributed by atoms with Gasteiger partial charge in [0.15, 0.2) is 0 Å². The van der Waals surface area contributed by atoms with Crippen molar-refractivity contribution in [2.75, 3.05) is 0 Å². The predicted molar refractivity (Wildman–Crippen MR) is 180 cm³/mol. The molecule has 0 aromatic carbocycles. The first-order chi connectivity index (χ1) is 23.2. The van der Waals surface area contributed by atoms with Crippen LogP contribution in [-0.4, -0.2) is 41.3 Å². The van der Waals surface area contributed by atoms with Gasteiger partial charge in [0, 0.05) is 35.3 Å². The van der Waals surface area contributed by atoms with Crippen LogP contribution in [0.25, 0.3) is 22.2 Å². The van der Waals surface area contributed by atoms with E-state index in [9.17, 15) is 19.2 Å². The summed E-state index contributed by atoms with van der Waals surface area (Å²) in [4.78, 5) is 79.4. The second-order valence-electron chi connectivity index (χ2n) is 9.63. The minimum Gasteiger partial charge on any atom is -0.403 e. The van der Waals surface area contributed by atoms with Gasteiger partial charge in [0.05, 0.1) is 0 Å². The van der Waals surface area contributed by atoms with Gasteiger partial charge in [-0.3, -0.25) is 19.6 Å². The molecule has 6 aromatic heterocycles. The van der Waals surface area contributed by atoms with Crippen molar-refractivity contribution in [1.29, 1.82) is 0 Å². The highest BCUT2D eigenvalue weighted by atomic mass is 32.1. The lowest BCUT2D eigenvalue weighted by Crippen LogP contribution is -2.14. The molecule has 6 rings (SSSR count). The van der Waals surface area contributed by atoms with Gasteiger partial charge in [-0.15, -0.1) is 22.7 Å². The Labute approximate surface area is 277 Å². The van der Waals surface area contributed by atoms with Crippen molar-refractivity contribution in [1.82, 2.24) is 29.9 Å². The number of fused-ring (bicyclic) bond motifs is 2. The second kappa shape index (κ2) is 15.3. The van der Waals surface area contributed by atoms with Gasteiger partial charge < -0.3 is 18.5 Å². The predicted octanol–water partition coefficient (Wildman–Crippen LogP) is 4.18. The van der Waals surface area contributed by atoms with Crippen molar-refractivity contribution in [3.05, 3.63) is 98.0 Å². The maximum absolute atomic E-state index is 12.2. The van der Waals surface area contributed by atoms with Crippen LogP contribution in [0, 0.1) is 0 Å². The van der Waals surface area contributed by atoms with Crippen LogP contribution in [0.5, 0.6) is 12.0 Å². The van der Waals surface area contributed by atoms with E-state index in [2.05, 4.69) is 40.2 Å². The molecule has 0 bridgehead atoms. The average molecular weight is 693 g/mol. The summed E-state index contributed by atoms with van der Waals surface area (Å²) in [7, 11) is 0. The molecule has 2 N–H and O–H groups in total. The summed E-state index contributed by atoms with van der Waals surface area (Å²) in [5, 5.41) is 13.5. The molecule has 0 atom stereocenters. The van der Waals surface area contributed by atoms with Crippen molar-refractivity contribution in [2.45, 2.75) is 53.4 Å². The maximum atomic E-state index is 12.2. The topological polar surface area (TPSA) is 221 Å². The molecule has 48 heavy (non-hydrogen) atoms. The summed E-state index contributed by atoms with van der Waals surface area (Å²) < 4.78 is 10.0. The summed E-state index contributed by atoms with van der Waals surface area (Å²) in [6, 6.07) is 2.28. The molecule has 18 heteroatoms. The van der Waals surface area contributed by atoms with E-state index in [4.69, 9.17) is 18.5 Å².